The molecule has 2 aromatic carbocycles. The summed E-state index contributed by atoms with van der Waals surface area (Å²) >= 11 is 0. The second-order valence-corrected chi connectivity index (χ2v) is 9.97. The van der Waals surface area contributed by atoms with Crippen LogP contribution in [0, 0.1) is 10.1 Å². The van der Waals surface area contributed by atoms with Crippen molar-refractivity contribution in [3.05, 3.63) is 130 Å². The first kappa shape index (κ1) is 25.1. The molecule has 10 heteroatoms. The van der Waals surface area contributed by atoms with Crippen molar-refractivity contribution < 1.29 is 13.3 Å². The van der Waals surface area contributed by atoms with Crippen molar-refractivity contribution in [1.29, 1.82) is 0 Å². The number of nitrogens with zero attached hydrogens (tertiary/aromatic N) is 4. The van der Waals surface area contributed by atoms with Crippen LogP contribution in [0.15, 0.2) is 102 Å². The lowest BCUT2D eigenvalue weighted by Crippen LogP contribution is -2.31. The topological polar surface area (TPSA) is 118 Å². The Morgan fingerprint density at radius 3 is 2.14 bits per heavy atom. The molecule has 2 heterocycles. The Hall–Kier alpha value is -3.99. The van der Waals surface area contributed by atoms with Crippen LogP contribution in [0.25, 0.3) is 0 Å². The van der Waals surface area contributed by atoms with Gasteiger partial charge in [0.1, 0.15) is 0 Å². The van der Waals surface area contributed by atoms with E-state index in [9.17, 15) is 18.5 Å². The molecule has 4 rings (SSSR count). The fraction of sp³-hybridized carbons (Fsp3) is 0.154. The number of pyridine rings is 2. The van der Waals surface area contributed by atoms with E-state index >= 15 is 0 Å². The van der Waals surface area contributed by atoms with E-state index in [-0.39, 0.29) is 18.0 Å². The van der Waals surface area contributed by atoms with E-state index in [4.69, 9.17) is 0 Å². The molecule has 184 valence electrons. The molecule has 4 aromatic rings. The molecule has 0 spiro atoms. The van der Waals surface area contributed by atoms with Crippen LogP contribution < -0.4 is 5.32 Å². The van der Waals surface area contributed by atoms with Gasteiger partial charge in [-0.2, -0.15) is 4.31 Å². The Kier molecular flexibility index (Phi) is 8.11. The minimum absolute atomic E-state index is 0.0268. The minimum Gasteiger partial charge on any atom is -0.307 e. The van der Waals surface area contributed by atoms with E-state index in [0.29, 0.717) is 18.8 Å². The molecular formula is C26H25N5O4S. The largest absolute Gasteiger partial charge is 0.307 e. The van der Waals surface area contributed by atoms with Gasteiger partial charge in [0.2, 0.25) is 0 Å². The van der Waals surface area contributed by atoms with Crippen molar-refractivity contribution in [3.8, 4) is 0 Å². The molecule has 0 unspecified atom stereocenters. The number of nitro groups is 1. The molecule has 0 aliphatic heterocycles. The molecule has 36 heavy (non-hydrogen) atoms. The predicted molar refractivity (Wildman–Crippen MR) is 135 cm³/mol. The Morgan fingerprint density at radius 1 is 0.778 bits per heavy atom. The number of hydrogen-bond donors (Lipinski definition) is 1. The SMILES string of the molecule is O=[N+]([O-])c1ccccc1S(=O)(=O)N(Cc1cccc(CNCc2ccccn2)c1)Cc1ccccn1. The molecule has 9 nitrogen and oxygen atoms in total. The van der Waals surface area contributed by atoms with Gasteiger partial charge >= 0.3 is 0 Å². The lowest BCUT2D eigenvalue weighted by Gasteiger charge is -2.22. The monoisotopic (exact) mass is 503 g/mol. The lowest BCUT2D eigenvalue weighted by atomic mass is 10.1. The molecule has 0 radical (unpaired) electrons. The maximum absolute atomic E-state index is 13.7. The van der Waals surface area contributed by atoms with Gasteiger partial charge in [-0.15, -0.1) is 0 Å². The summed E-state index contributed by atoms with van der Waals surface area (Å²) in [5, 5.41) is 14.9. The standard InChI is InChI=1S/C26H25N5O4S/c32-31(33)25-12-1-2-13-26(25)36(34,35)30(20-24-11-4-6-15-29-24)19-22-9-7-8-21(16-22)17-27-18-23-10-3-5-14-28-23/h1-16,27H,17-20H2. The third-order valence-electron chi connectivity index (χ3n) is 5.46. The first-order valence-corrected chi connectivity index (χ1v) is 12.7. The van der Waals surface area contributed by atoms with Crippen LogP contribution in [-0.4, -0.2) is 27.6 Å². The van der Waals surface area contributed by atoms with Crippen LogP contribution in [0.3, 0.4) is 0 Å². The van der Waals surface area contributed by atoms with E-state index in [1.54, 1.807) is 30.6 Å². The summed E-state index contributed by atoms with van der Waals surface area (Å²) in [5.41, 5.74) is 2.73. The van der Waals surface area contributed by atoms with E-state index in [0.717, 1.165) is 16.8 Å². The van der Waals surface area contributed by atoms with Crippen LogP contribution in [0.2, 0.25) is 0 Å². The van der Waals surface area contributed by atoms with Crippen molar-refractivity contribution in [2.45, 2.75) is 31.1 Å². The maximum Gasteiger partial charge on any atom is 0.289 e. The fourth-order valence-electron chi connectivity index (χ4n) is 3.74. The zero-order valence-corrected chi connectivity index (χ0v) is 20.2. The van der Waals surface area contributed by atoms with Crippen molar-refractivity contribution >= 4 is 15.7 Å². The number of aromatic nitrogens is 2. The van der Waals surface area contributed by atoms with Gasteiger partial charge in [-0.3, -0.25) is 20.1 Å². The summed E-state index contributed by atoms with van der Waals surface area (Å²) in [7, 11) is -4.21. The van der Waals surface area contributed by atoms with Crippen molar-refractivity contribution in [3.63, 3.8) is 0 Å². The van der Waals surface area contributed by atoms with Gasteiger partial charge in [-0.1, -0.05) is 48.5 Å². The smallest absolute Gasteiger partial charge is 0.289 e. The van der Waals surface area contributed by atoms with E-state index in [1.165, 1.54) is 28.6 Å². The summed E-state index contributed by atoms with van der Waals surface area (Å²) in [4.78, 5) is 19.1. The fourth-order valence-corrected chi connectivity index (χ4v) is 5.30. The Balaban J connectivity index is 1.58. The van der Waals surface area contributed by atoms with Gasteiger partial charge in [-0.25, -0.2) is 8.42 Å². The summed E-state index contributed by atoms with van der Waals surface area (Å²) in [6.07, 6.45) is 3.32. The number of nitro benzene ring substituents is 1. The van der Waals surface area contributed by atoms with Gasteiger partial charge in [0.15, 0.2) is 4.90 Å². The highest BCUT2D eigenvalue weighted by atomic mass is 32.2. The highest BCUT2D eigenvalue weighted by Gasteiger charge is 2.31. The average Bonchev–Trinajstić information content (AvgIpc) is 2.90. The molecule has 1 N–H and O–H groups in total. The zero-order chi connectivity index (χ0) is 25.4. The molecule has 0 saturated carbocycles. The molecule has 0 fully saturated rings. The van der Waals surface area contributed by atoms with Crippen LogP contribution in [0.1, 0.15) is 22.5 Å². The Bertz CT molecular complexity index is 1420. The predicted octanol–water partition coefficient (Wildman–Crippen LogP) is 4.07. The zero-order valence-electron chi connectivity index (χ0n) is 19.4. The van der Waals surface area contributed by atoms with Crippen molar-refractivity contribution in [2.75, 3.05) is 0 Å². The molecule has 0 bridgehead atoms. The molecule has 0 aliphatic carbocycles. The summed E-state index contributed by atoms with van der Waals surface area (Å²) in [6, 6.07) is 23.9. The molecule has 2 aromatic heterocycles. The summed E-state index contributed by atoms with van der Waals surface area (Å²) in [5.74, 6) is 0. The lowest BCUT2D eigenvalue weighted by molar-refractivity contribution is -0.387. The van der Waals surface area contributed by atoms with E-state index in [1.807, 2.05) is 42.5 Å². The second-order valence-electron chi connectivity index (χ2n) is 8.06. The van der Waals surface area contributed by atoms with Crippen LogP contribution in [0.4, 0.5) is 5.69 Å². The Labute approximate surface area is 209 Å². The average molecular weight is 504 g/mol. The number of para-hydroxylation sites is 1. The third-order valence-corrected chi connectivity index (χ3v) is 7.30. The van der Waals surface area contributed by atoms with Gasteiger partial charge in [0.05, 0.1) is 22.9 Å². The first-order chi connectivity index (χ1) is 17.4. The number of nitrogens with one attached hydrogen (secondary N) is 1. The second kappa shape index (κ2) is 11.6. The van der Waals surface area contributed by atoms with Crippen molar-refractivity contribution in [1.82, 2.24) is 19.6 Å². The highest BCUT2D eigenvalue weighted by Crippen LogP contribution is 2.28. The van der Waals surface area contributed by atoms with E-state index in [2.05, 4.69) is 15.3 Å². The Morgan fingerprint density at radius 2 is 1.44 bits per heavy atom. The van der Waals surface area contributed by atoms with Crippen LogP contribution in [-0.2, 0) is 36.2 Å². The molecular weight excluding hydrogens is 478 g/mol. The normalized spacial score (nSPS) is 11.5. The summed E-state index contributed by atoms with van der Waals surface area (Å²) < 4.78 is 28.5. The molecule has 0 aliphatic rings. The van der Waals surface area contributed by atoms with Gasteiger partial charge in [0.25, 0.3) is 15.7 Å². The molecule has 0 saturated heterocycles. The van der Waals surface area contributed by atoms with Crippen molar-refractivity contribution in [2.24, 2.45) is 0 Å². The quantitative estimate of drug-likeness (QED) is 0.242. The summed E-state index contributed by atoms with van der Waals surface area (Å²) in [6.45, 7) is 1.17. The third kappa shape index (κ3) is 6.36. The number of hydrogen-bond acceptors (Lipinski definition) is 7. The highest BCUT2D eigenvalue weighted by molar-refractivity contribution is 7.89. The van der Waals surface area contributed by atoms with Gasteiger partial charge in [-0.05, 0) is 41.5 Å². The van der Waals surface area contributed by atoms with Gasteiger partial charge in [0, 0.05) is 38.1 Å². The molecule has 0 atom stereocenters. The van der Waals surface area contributed by atoms with Crippen LogP contribution >= 0.6 is 0 Å². The van der Waals surface area contributed by atoms with E-state index < -0.39 is 20.6 Å². The van der Waals surface area contributed by atoms with Crippen LogP contribution in [0.5, 0.6) is 0 Å². The number of sulfonamides is 1. The number of benzene rings is 2. The maximum atomic E-state index is 13.7. The van der Waals surface area contributed by atoms with Gasteiger partial charge < -0.3 is 5.32 Å². The minimum atomic E-state index is -4.21. The molecule has 0 amide bonds. The number of rotatable bonds is 11. The first-order valence-electron chi connectivity index (χ1n) is 11.3.